The van der Waals surface area contributed by atoms with Crippen LogP contribution >= 0.6 is 11.3 Å². The highest BCUT2D eigenvalue weighted by Crippen LogP contribution is 2.43. The van der Waals surface area contributed by atoms with Crippen LogP contribution in [0, 0.1) is 12.8 Å². The molecule has 0 saturated heterocycles. The predicted octanol–water partition coefficient (Wildman–Crippen LogP) is 3.03. The molecule has 4 rings (SSSR count). The molecule has 1 amide bonds. The maximum absolute atomic E-state index is 12.4. The fourth-order valence-corrected chi connectivity index (χ4v) is 3.65. The van der Waals surface area contributed by atoms with E-state index in [9.17, 15) is 4.79 Å². The fourth-order valence-electron chi connectivity index (χ4n) is 3.03. The van der Waals surface area contributed by atoms with Gasteiger partial charge >= 0.3 is 0 Å². The quantitative estimate of drug-likeness (QED) is 0.906. The molecule has 126 valence electrons. The van der Waals surface area contributed by atoms with Crippen molar-refractivity contribution in [2.24, 2.45) is 5.92 Å². The second-order valence-electron chi connectivity index (χ2n) is 6.32. The third kappa shape index (κ3) is 3.38. The number of carbonyl (C=O) groups excluding carboxylic acids is 1. The Balaban J connectivity index is 1.49. The minimum Gasteiger partial charge on any atom is -0.486 e. The zero-order chi connectivity index (χ0) is 16.5. The molecule has 0 bridgehead atoms. The highest BCUT2D eigenvalue weighted by Gasteiger charge is 2.34. The van der Waals surface area contributed by atoms with Gasteiger partial charge in [-0.05, 0) is 43.4 Å². The molecule has 1 saturated carbocycles. The highest BCUT2D eigenvalue weighted by molar-refractivity contribution is 7.09. The van der Waals surface area contributed by atoms with Crippen molar-refractivity contribution in [2.45, 2.75) is 32.2 Å². The summed E-state index contributed by atoms with van der Waals surface area (Å²) in [5.74, 6) is 2.08. The molecule has 6 heteroatoms. The van der Waals surface area contributed by atoms with E-state index in [1.807, 2.05) is 30.5 Å². The number of ether oxygens (including phenoxy) is 2. The summed E-state index contributed by atoms with van der Waals surface area (Å²) in [4.78, 5) is 16.8. The molecule has 0 spiro atoms. The lowest BCUT2D eigenvalue weighted by Gasteiger charge is -2.23. The number of aromatic nitrogens is 1. The van der Waals surface area contributed by atoms with Crippen LogP contribution < -0.4 is 14.8 Å². The van der Waals surface area contributed by atoms with E-state index < -0.39 is 0 Å². The third-order valence-corrected chi connectivity index (χ3v) is 5.17. The van der Waals surface area contributed by atoms with Gasteiger partial charge in [-0.3, -0.25) is 4.79 Å². The lowest BCUT2D eigenvalue weighted by molar-refractivity contribution is -0.121. The van der Waals surface area contributed by atoms with Crippen molar-refractivity contribution >= 4 is 17.2 Å². The minimum atomic E-state index is 0.0205. The lowest BCUT2D eigenvalue weighted by atomic mass is 10.0. The van der Waals surface area contributed by atoms with Gasteiger partial charge in [0.25, 0.3) is 0 Å². The standard InChI is InChI=1S/C18H20N2O3S/c1-11-19-14(10-24-11)9-17(21)20-18(12-2-3-12)13-4-5-15-16(8-13)23-7-6-22-15/h4-5,8,10,12,18H,2-3,6-7,9H2,1H3,(H,20,21). The Labute approximate surface area is 145 Å². The van der Waals surface area contributed by atoms with Gasteiger partial charge < -0.3 is 14.8 Å². The number of amides is 1. The Hall–Kier alpha value is -2.08. The van der Waals surface area contributed by atoms with Gasteiger partial charge in [0.2, 0.25) is 5.91 Å². The largest absolute Gasteiger partial charge is 0.486 e. The van der Waals surface area contributed by atoms with Gasteiger partial charge in [-0.15, -0.1) is 11.3 Å². The Kier molecular flexibility index (Phi) is 4.14. The van der Waals surface area contributed by atoms with Gasteiger partial charge in [0.15, 0.2) is 11.5 Å². The molecular formula is C18H20N2O3S. The van der Waals surface area contributed by atoms with Gasteiger partial charge in [-0.25, -0.2) is 4.98 Å². The van der Waals surface area contributed by atoms with Gasteiger partial charge in [-0.2, -0.15) is 0 Å². The molecule has 24 heavy (non-hydrogen) atoms. The Morgan fingerprint density at radius 1 is 1.33 bits per heavy atom. The van der Waals surface area contributed by atoms with E-state index in [-0.39, 0.29) is 11.9 Å². The van der Waals surface area contributed by atoms with Crippen molar-refractivity contribution in [3.63, 3.8) is 0 Å². The average molecular weight is 344 g/mol. The van der Waals surface area contributed by atoms with E-state index in [1.54, 1.807) is 11.3 Å². The maximum atomic E-state index is 12.4. The average Bonchev–Trinajstić information content (AvgIpc) is 3.35. The van der Waals surface area contributed by atoms with Gasteiger partial charge in [0, 0.05) is 5.38 Å². The van der Waals surface area contributed by atoms with Gasteiger partial charge in [0.1, 0.15) is 13.2 Å². The highest BCUT2D eigenvalue weighted by atomic mass is 32.1. The maximum Gasteiger partial charge on any atom is 0.226 e. The molecule has 5 nitrogen and oxygen atoms in total. The van der Waals surface area contributed by atoms with E-state index in [0.717, 1.165) is 40.6 Å². The van der Waals surface area contributed by atoms with E-state index >= 15 is 0 Å². The zero-order valence-corrected chi connectivity index (χ0v) is 14.4. The molecule has 1 aliphatic carbocycles. The van der Waals surface area contributed by atoms with Crippen molar-refractivity contribution in [3.05, 3.63) is 39.8 Å². The molecule has 2 aliphatic rings. The first-order valence-electron chi connectivity index (χ1n) is 8.29. The SMILES string of the molecule is Cc1nc(CC(=O)NC(c2ccc3c(c2)OCCO3)C2CC2)cs1. The summed E-state index contributed by atoms with van der Waals surface area (Å²) >= 11 is 1.57. The smallest absolute Gasteiger partial charge is 0.226 e. The van der Waals surface area contributed by atoms with Crippen molar-refractivity contribution in [1.82, 2.24) is 10.3 Å². The summed E-state index contributed by atoms with van der Waals surface area (Å²) in [5.41, 5.74) is 1.93. The van der Waals surface area contributed by atoms with Crippen LogP contribution in [0.15, 0.2) is 23.6 Å². The second-order valence-corrected chi connectivity index (χ2v) is 7.38. The first kappa shape index (κ1) is 15.4. The van der Waals surface area contributed by atoms with Crippen LogP contribution in [0.3, 0.4) is 0 Å². The molecule has 2 heterocycles. The van der Waals surface area contributed by atoms with Crippen LogP contribution in [0.5, 0.6) is 11.5 Å². The predicted molar refractivity (Wildman–Crippen MR) is 91.6 cm³/mol. The van der Waals surface area contributed by atoms with Crippen molar-refractivity contribution in [3.8, 4) is 11.5 Å². The van der Waals surface area contributed by atoms with Crippen molar-refractivity contribution < 1.29 is 14.3 Å². The van der Waals surface area contributed by atoms with E-state index in [0.29, 0.717) is 25.6 Å². The van der Waals surface area contributed by atoms with Crippen LogP contribution in [0.25, 0.3) is 0 Å². The molecule has 1 aliphatic heterocycles. The van der Waals surface area contributed by atoms with Gasteiger partial charge in [-0.1, -0.05) is 6.07 Å². The number of hydrogen-bond donors (Lipinski definition) is 1. The Morgan fingerprint density at radius 3 is 2.83 bits per heavy atom. The zero-order valence-electron chi connectivity index (χ0n) is 13.6. The van der Waals surface area contributed by atoms with Crippen LogP contribution in [-0.2, 0) is 11.2 Å². The summed E-state index contributed by atoms with van der Waals surface area (Å²) in [5, 5.41) is 6.13. The number of fused-ring (bicyclic) bond motifs is 1. The fraction of sp³-hybridized carbons (Fsp3) is 0.444. The monoisotopic (exact) mass is 344 g/mol. The molecule has 0 radical (unpaired) electrons. The molecule has 1 unspecified atom stereocenters. The number of nitrogens with zero attached hydrogens (tertiary/aromatic N) is 1. The van der Waals surface area contributed by atoms with Crippen molar-refractivity contribution in [1.29, 1.82) is 0 Å². The van der Waals surface area contributed by atoms with Crippen LogP contribution in [0.4, 0.5) is 0 Å². The topological polar surface area (TPSA) is 60.5 Å². The second kappa shape index (κ2) is 6.43. The molecule has 1 aromatic heterocycles. The summed E-state index contributed by atoms with van der Waals surface area (Å²) in [6, 6.07) is 6.01. The lowest BCUT2D eigenvalue weighted by Crippen LogP contribution is -2.31. The molecule has 1 fully saturated rings. The first-order valence-corrected chi connectivity index (χ1v) is 9.17. The number of hydrogen-bond acceptors (Lipinski definition) is 5. The van der Waals surface area contributed by atoms with Gasteiger partial charge in [0.05, 0.1) is 23.2 Å². The Morgan fingerprint density at radius 2 is 2.12 bits per heavy atom. The number of carbonyl (C=O) groups is 1. The molecular weight excluding hydrogens is 324 g/mol. The van der Waals surface area contributed by atoms with Crippen LogP contribution in [-0.4, -0.2) is 24.1 Å². The Bertz CT molecular complexity index is 754. The first-order chi connectivity index (χ1) is 11.7. The van der Waals surface area contributed by atoms with E-state index in [4.69, 9.17) is 9.47 Å². The number of aryl methyl sites for hydroxylation is 1. The third-order valence-electron chi connectivity index (χ3n) is 4.34. The molecule has 2 aromatic rings. The minimum absolute atomic E-state index is 0.0205. The van der Waals surface area contributed by atoms with Crippen LogP contribution in [0.1, 0.15) is 35.1 Å². The molecule has 1 N–H and O–H groups in total. The summed E-state index contributed by atoms with van der Waals surface area (Å²) in [6.45, 7) is 3.11. The molecule has 1 atom stereocenters. The normalized spacial score (nSPS) is 17.4. The number of thiazole rings is 1. The van der Waals surface area contributed by atoms with Crippen LogP contribution in [0.2, 0.25) is 0 Å². The summed E-state index contributed by atoms with van der Waals surface area (Å²) < 4.78 is 11.2. The van der Waals surface area contributed by atoms with Crippen molar-refractivity contribution in [2.75, 3.05) is 13.2 Å². The molecule has 1 aromatic carbocycles. The number of nitrogens with one attached hydrogen (secondary N) is 1. The number of benzene rings is 1. The van der Waals surface area contributed by atoms with E-state index in [1.165, 1.54) is 0 Å². The van der Waals surface area contributed by atoms with E-state index in [2.05, 4.69) is 10.3 Å². The number of rotatable bonds is 5. The summed E-state index contributed by atoms with van der Waals surface area (Å²) in [7, 11) is 0. The summed E-state index contributed by atoms with van der Waals surface area (Å²) in [6.07, 6.45) is 2.63.